The summed E-state index contributed by atoms with van der Waals surface area (Å²) >= 11 is 0. The number of ether oxygens (including phenoxy) is 6. The number of aldehydes is 2. The fraction of sp³-hybridized carbons (Fsp3) is 0.449. The average molecular weight is 849 g/mol. The quantitative estimate of drug-likeness (QED) is 0.0268. The minimum atomic E-state index is -0.853. The van der Waals surface area contributed by atoms with E-state index in [-0.39, 0.29) is 13.2 Å². The van der Waals surface area contributed by atoms with Crippen LogP contribution in [0.5, 0.6) is 23.0 Å². The molecule has 3 rings (SSSR count). The number of carbonyl (C=O) groups excluding carboxylic acids is 5. The highest BCUT2D eigenvalue weighted by Gasteiger charge is 2.17. The lowest BCUT2D eigenvalue weighted by Gasteiger charge is -2.17. The van der Waals surface area contributed by atoms with Crippen LogP contribution in [0.2, 0.25) is 0 Å². The summed E-state index contributed by atoms with van der Waals surface area (Å²) in [5.41, 5.74) is 1.01. The highest BCUT2D eigenvalue weighted by Crippen LogP contribution is 2.20. The summed E-state index contributed by atoms with van der Waals surface area (Å²) in [5, 5.41) is 7.00. The lowest BCUT2D eigenvalue weighted by molar-refractivity contribution is -0.154. The Balaban J connectivity index is 0.00000101. The van der Waals surface area contributed by atoms with Crippen molar-refractivity contribution in [3.8, 4) is 23.0 Å². The summed E-state index contributed by atoms with van der Waals surface area (Å²) in [6.07, 6.45) is 15.0. The van der Waals surface area contributed by atoms with Gasteiger partial charge in [0.25, 0.3) is 0 Å². The van der Waals surface area contributed by atoms with Crippen LogP contribution in [-0.4, -0.2) is 75.7 Å². The molecule has 0 aliphatic heterocycles. The van der Waals surface area contributed by atoms with E-state index in [9.17, 15) is 24.0 Å². The molecule has 12 heteroatoms. The number of carbonyl (C=O) groups is 5. The fourth-order valence-electron chi connectivity index (χ4n) is 5.05. The van der Waals surface area contributed by atoms with Gasteiger partial charge in [-0.15, -0.1) is 0 Å². The smallest absolute Gasteiger partial charge is 0.343 e. The molecule has 0 heterocycles. The Labute approximate surface area is 363 Å². The van der Waals surface area contributed by atoms with E-state index in [4.69, 9.17) is 33.5 Å². The average Bonchev–Trinajstić information content (AvgIpc) is 3.28. The van der Waals surface area contributed by atoms with Crippen molar-refractivity contribution in [1.82, 2.24) is 0 Å². The molecule has 0 fully saturated rings. The van der Waals surface area contributed by atoms with Crippen molar-refractivity contribution in [2.45, 2.75) is 98.0 Å². The molecule has 0 radical (unpaired) electrons. The summed E-state index contributed by atoms with van der Waals surface area (Å²) in [7, 11) is 2.55. The number of hydrogen-bond acceptors (Lipinski definition) is 12. The van der Waals surface area contributed by atoms with Crippen molar-refractivity contribution in [1.29, 1.82) is 0 Å². The van der Waals surface area contributed by atoms with Gasteiger partial charge in [0.1, 0.15) is 48.8 Å². The van der Waals surface area contributed by atoms with Crippen molar-refractivity contribution in [3.05, 3.63) is 109 Å². The van der Waals surface area contributed by atoms with Gasteiger partial charge in [-0.3, -0.25) is 4.79 Å². The summed E-state index contributed by atoms with van der Waals surface area (Å²) < 4.78 is 31.5. The predicted octanol–water partition coefficient (Wildman–Crippen LogP) is 10.0. The number of aliphatic hydroxyl groups is 1. The van der Waals surface area contributed by atoms with E-state index in [0.717, 1.165) is 75.3 Å². The Morgan fingerprint density at radius 1 is 0.623 bits per heavy atom. The Morgan fingerprint density at radius 3 is 1.67 bits per heavy atom. The molecule has 0 saturated heterocycles. The lowest BCUT2D eigenvalue weighted by Crippen LogP contribution is -2.30. The van der Waals surface area contributed by atoms with E-state index in [0.29, 0.717) is 28.4 Å². The molecule has 0 bridgehead atoms. The van der Waals surface area contributed by atoms with Gasteiger partial charge < -0.3 is 38.3 Å². The van der Waals surface area contributed by atoms with Gasteiger partial charge in [-0.2, -0.15) is 0 Å². The number of benzene rings is 3. The number of hydrogen-bond donors (Lipinski definition) is 1. The highest BCUT2D eigenvalue weighted by molar-refractivity contribution is 5.91. The van der Waals surface area contributed by atoms with Crippen LogP contribution in [0.25, 0.3) is 0 Å². The molecular formula is C49H68O12. The monoisotopic (exact) mass is 848 g/mol. The molecule has 1 atom stereocenters. The first-order valence-electron chi connectivity index (χ1n) is 20.7. The Bertz CT molecular complexity index is 1630. The minimum absolute atomic E-state index is 0.0837. The largest absolute Gasteiger partial charge is 0.497 e. The molecule has 336 valence electrons. The molecule has 3 aromatic rings. The molecule has 12 nitrogen and oxygen atoms in total. The second kappa shape index (κ2) is 36.1. The zero-order valence-electron chi connectivity index (χ0n) is 37.0. The maximum absolute atomic E-state index is 12.3. The van der Waals surface area contributed by atoms with E-state index < -0.39 is 24.0 Å². The lowest BCUT2D eigenvalue weighted by atomic mass is 10.0. The summed E-state index contributed by atoms with van der Waals surface area (Å²) in [6.45, 7) is 16.1. The molecule has 0 spiro atoms. The SMILES string of the molecule is C=CC(=O)OCC(COc1ccc(C(=O)Oc2ccc(OC)cc2)cc1)OC(=O)C=C.CC(C)CCCCC=O.CC(C)CCCCCCCOc1ccc(C=O)cc1.CO. The number of aliphatic hydroxyl groups excluding tert-OH is 1. The van der Waals surface area contributed by atoms with Crippen molar-refractivity contribution < 1.29 is 57.5 Å². The van der Waals surface area contributed by atoms with Crippen LogP contribution in [0.4, 0.5) is 0 Å². The molecule has 0 aromatic heterocycles. The fourth-order valence-corrected chi connectivity index (χ4v) is 5.05. The Morgan fingerprint density at radius 2 is 1.13 bits per heavy atom. The normalized spacial score (nSPS) is 10.4. The van der Waals surface area contributed by atoms with Gasteiger partial charge in [0, 0.05) is 31.2 Å². The second-order valence-corrected chi connectivity index (χ2v) is 14.3. The van der Waals surface area contributed by atoms with Crippen molar-refractivity contribution in [3.63, 3.8) is 0 Å². The van der Waals surface area contributed by atoms with E-state index in [1.807, 2.05) is 12.1 Å². The standard InChI is InChI=1S/C23H22O8.C17H26O2.C8H16O.CH4O/c1-4-21(24)29-15-20(30-22(25)5-2)14-28-18-8-6-16(7-9-18)23(26)31-19-12-10-17(27-3)11-13-19;1-15(2)8-6-4-3-5-7-13-19-17-11-9-16(14-18)10-12-17;1-8(2)6-4-3-5-7-9;1-2/h4-13,20H,1-2,14-15H2,3H3;9-12,14-15H,3-8,13H2,1-2H3;7-8H,3-6H2,1-2H3;2H,1H3. The van der Waals surface area contributed by atoms with Crippen molar-refractivity contribution in [2.75, 3.05) is 34.0 Å². The number of esters is 3. The van der Waals surface area contributed by atoms with E-state index in [2.05, 4.69) is 40.9 Å². The summed E-state index contributed by atoms with van der Waals surface area (Å²) in [4.78, 5) is 55.3. The zero-order valence-corrected chi connectivity index (χ0v) is 37.0. The first kappa shape index (κ1) is 55.2. The van der Waals surface area contributed by atoms with E-state index in [1.54, 1.807) is 55.6 Å². The van der Waals surface area contributed by atoms with Crippen LogP contribution in [0.3, 0.4) is 0 Å². The predicted molar refractivity (Wildman–Crippen MR) is 238 cm³/mol. The van der Waals surface area contributed by atoms with Gasteiger partial charge in [-0.25, -0.2) is 14.4 Å². The first-order valence-corrected chi connectivity index (χ1v) is 20.7. The summed E-state index contributed by atoms with van der Waals surface area (Å²) in [6, 6.07) is 20.1. The van der Waals surface area contributed by atoms with Crippen molar-refractivity contribution >= 4 is 30.5 Å². The van der Waals surface area contributed by atoms with Gasteiger partial charge in [0.2, 0.25) is 0 Å². The third kappa shape index (κ3) is 29.2. The van der Waals surface area contributed by atoms with Gasteiger partial charge in [-0.05, 0) is 97.5 Å². The molecule has 0 saturated carbocycles. The maximum atomic E-state index is 12.3. The summed E-state index contributed by atoms with van der Waals surface area (Å²) in [5.74, 6) is 2.05. The zero-order chi connectivity index (χ0) is 45.7. The van der Waals surface area contributed by atoms with Crippen molar-refractivity contribution in [2.24, 2.45) is 11.8 Å². The molecule has 0 aliphatic rings. The minimum Gasteiger partial charge on any atom is -0.497 e. The third-order valence-electron chi connectivity index (χ3n) is 8.39. The van der Waals surface area contributed by atoms with Crippen LogP contribution in [-0.2, 0) is 23.9 Å². The van der Waals surface area contributed by atoms with Crippen LogP contribution < -0.4 is 18.9 Å². The van der Waals surface area contributed by atoms with Crippen LogP contribution >= 0.6 is 0 Å². The van der Waals surface area contributed by atoms with Gasteiger partial charge in [0.05, 0.1) is 19.3 Å². The molecular weight excluding hydrogens is 781 g/mol. The Kier molecular flexibility index (Phi) is 32.7. The molecule has 3 aromatic carbocycles. The number of rotatable bonds is 26. The number of unbranched alkanes of at least 4 members (excludes halogenated alkanes) is 6. The Hall–Kier alpha value is -5.75. The molecule has 0 aliphatic carbocycles. The number of methoxy groups -OCH3 is 1. The molecule has 1 unspecified atom stereocenters. The van der Waals surface area contributed by atoms with Crippen LogP contribution in [0, 0.1) is 11.8 Å². The maximum Gasteiger partial charge on any atom is 0.343 e. The van der Waals surface area contributed by atoms with Crippen LogP contribution in [0.1, 0.15) is 113 Å². The van der Waals surface area contributed by atoms with Crippen LogP contribution in [0.15, 0.2) is 98.1 Å². The van der Waals surface area contributed by atoms with Gasteiger partial charge in [0.15, 0.2) is 6.10 Å². The first-order chi connectivity index (χ1) is 29.4. The molecule has 61 heavy (non-hydrogen) atoms. The highest BCUT2D eigenvalue weighted by atomic mass is 16.6. The third-order valence-corrected chi connectivity index (χ3v) is 8.39. The second-order valence-electron chi connectivity index (χ2n) is 14.3. The van der Waals surface area contributed by atoms with E-state index in [1.165, 1.54) is 57.1 Å². The van der Waals surface area contributed by atoms with Gasteiger partial charge >= 0.3 is 17.9 Å². The topological polar surface area (TPSA) is 161 Å². The molecule has 1 N–H and O–H groups in total. The van der Waals surface area contributed by atoms with E-state index >= 15 is 0 Å². The van der Waals surface area contributed by atoms with Gasteiger partial charge in [-0.1, -0.05) is 85.8 Å². The molecule has 0 amide bonds.